The van der Waals surface area contributed by atoms with Gasteiger partial charge in [-0.1, -0.05) is 12.1 Å². The molecule has 4 heterocycles. The number of thiophene rings is 1. The van der Waals surface area contributed by atoms with E-state index in [1.165, 1.54) is 11.3 Å². The highest BCUT2D eigenvalue weighted by Gasteiger charge is 2.28. The number of para-hydroxylation sites is 2. The molecule has 1 aliphatic heterocycles. The van der Waals surface area contributed by atoms with E-state index < -0.39 is 5.97 Å². The predicted octanol–water partition coefficient (Wildman–Crippen LogP) is 2.29. The summed E-state index contributed by atoms with van der Waals surface area (Å²) < 4.78 is 5.19. The third-order valence-corrected chi connectivity index (χ3v) is 6.26. The van der Waals surface area contributed by atoms with Crippen LogP contribution in [0.5, 0.6) is 0 Å². The number of imidazole rings is 1. The number of carbonyl (C=O) groups excluding carboxylic acids is 2. The van der Waals surface area contributed by atoms with Crippen LogP contribution in [-0.2, 0) is 4.74 Å². The molecule has 164 valence electrons. The molecule has 1 amide bonds. The van der Waals surface area contributed by atoms with E-state index in [1.54, 1.807) is 17.2 Å². The summed E-state index contributed by atoms with van der Waals surface area (Å²) in [6.45, 7) is 4.09. The van der Waals surface area contributed by atoms with Gasteiger partial charge in [0.1, 0.15) is 10.6 Å². The molecule has 0 spiro atoms. The zero-order valence-electron chi connectivity index (χ0n) is 17.4. The molecule has 1 aliphatic rings. The number of aromatic amines is 1. The van der Waals surface area contributed by atoms with Crippen LogP contribution in [0, 0.1) is 0 Å². The average Bonchev–Trinajstić information content (AvgIpc) is 3.42. The lowest BCUT2D eigenvalue weighted by atomic mass is 10.2. The first kappa shape index (κ1) is 20.2. The molecule has 0 radical (unpaired) electrons. The minimum absolute atomic E-state index is 0.143. The van der Waals surface area contributed by atoms with Crippen LogP contribution in [0.25, 0.3) is 21.3 Å². The van der Waals surface area contributed by atoms with E-state index in [4.69, 9.17) is 10.5 Å². The highest BCUT2D eigenvalue weighted by atomic mass is 32.1. The van der Waals surface area contributed by atoms with Gasteiger partial charge < -0.3 is 25.3 Å². The summed E-state index contributed by atoms with van der Waals surface area (Å²) in [6.07, 6.45) is 0. The van der Waals surface area contributed by atoms with Crippen molar-refractivity contribution in [1.82, 2.24) is 24.8 Å². The van der Waals surface area contributed by atoms with Crippen molar-refractivity contribution in [2.24, 2.45) is 0 Å². The second-order valence-corrected chi connectivity index (χ2v) is 8.20. The number of ether oxygens (including phenoxy) is 1. The van der Waals surface area contributed by atoms with Gasteiger partial charge in [-0.05, 0) is 19.1 Å². The Kier molecular flexibility index (Phi) is 5.10. The largest absolute Gasteiger partial charge is 0.462 e. The monoisotopic (exact) mass is 451 g/mol. The molecule has 1 aromatic carbocycles. The molecule has 4 aromatic rings. The predicted molar refractivity (Wildman–Crippen MR) is 122 cm³/mol. The number of esters is 1. The maximum atomic E-state index is 13.0. The summed E-state index contributed by atoms with van der Waals surface area (Å²) in [5.41, 5.74) is 7.95. The number of nitrogens with two attached hydrogens (primary N) is 1. The Hall–Kier alpha value is -3.73. The quantitative estimate of drug-likeness (QED) is 0.452. The number of nitrogens with one attached hydrogen (secondary N) is 1. The van der Waals surface area contributed by atoms with Crippen LogP contribution in [0.1, 0.15) is 27.9 Å². The lowest BCUT2D eigenvalue weighted by molar-refractivity contribution is 0.0529. The lowest BCUT2D eigenvalue weighted by Gasteiger charge is -2.35. The van der Waals surface area contributed by atoms with Crippen LogP contribution in [0.3, 0.4) is 0 Å². The molecule has 10 nitrogen and oxygen atoms in total. The van der Waals surface area contributed by atoms with Gasteiger partial charge in [0.25, 0.3) is 5.91 Å². The SMILES string of the molecule is CCOC(=O)c1csc2nc(N)nc(N3CCN(C(=O)c4nc5ccccc5[nH]4)CC3)c12. The summed E-state index contributed by atoms with van der Waals surface area (Å²) in [6, 6.07) is 7.55. The standard InChI is InChI=1S/C21H21N7O3S/c1-2-31-20(30)12-11-32-18-15(12)17(25-21(22)26-18)27-7-9-28(10-8-27)19(29)16-23-13-5-3-4-6-14(13)24-16/h3-6,11H,2,7-10H2,1H3,(H,23,24)(H2,22,25,26). The zero-order valence-corrected chi connectivity index (χ0v) is 18.2. The number of nitrogen functional groups attached to an aromatic ring is 1. The van der Waals surface area contributed by atoms with Gasteiger partial charge in [0.15, 0.2) is 5.82 Å². The number of hydrogen-bond donors (Lipinski definition) is 2. The maximum absolute atomic E-state index is 13.0. The van der Waals surface area contributed by atoms with Crippen LogP contribution >= 0.6 is 11.3 Å². The van der Waals surface area contributed by atoms with Gasteiger partial charge in [-0.3, -0.25) is 4.79 Å². The Morgan fingerprint density at radius 3 is 2.69 bits per heavy atom. The number of H-pyrrole nitrogens is 1. The fourth-order valence-electron chi connectivity index (χ4n) is 3.85. The number of amides is 1. The van der Waals surface area contributed by atoms with Crippen molar-refractivity contribution in [3.05, 3.63) is 41.0 Å². The highest BCUT2D eigenvalue weighted by molar-refractivity contribution is 7.17. The van der Waals surface area contributed by atoms with Gasteiger partial charge in [-0.2, -0.15) is 4.98 Å². The molecule has 3 aromatic heterocycles. The van der Waals surface area contributed by atoms with Crippen LogP contribution in [0.15, 0.2) is 29.6 Å². The fourth-order valence-corrected chi connectivity index (χ4v) is 4.76. The van der Waals surface area contributed by atoms with Crippen molar-refractivity contribution >= 4 is 56.2 Å². The Bertz CT molecular complexity index is 1290. The topological polar surface area (TPSA) is 130 Å². The first-order valence-electron chi connectivity index (χ1n) is 10.3. The lowest BCUT2D eigenvalue weighted by Crippen LogP contribution is -2.49. The van der Waals surface area contributed by atoms with Gasteiger partial charge >= 0.3 is 5.97 Å². The molecule has 5 rings (SSSR count). The number of piperazine rings is 1. The Labute approximate surface area is 187 Å². The van der Waals surface area contributed by atoms with E-state index in [9.17, 15) is 9.59 Å². The molecular weight excluding hydrogens is 430 g/mol. The minimum Gasteiger partial charge on any atom is -0.462 e. The second kappa shape index (κ2) is 8.08. The minimum atomic E-state index is -0.410. The number of anilines is 2. The van der Waals surface area contributed by atoms with Crippen LogP contribution in [-0.4, -0.2) is 69.5 Å². The van der Waals surface area contributed by atoms with Crippen LogP contribution < -0.4 is 10.6 Å². The van der Waals surface area contributed by atoms with Gasteiger partial charge in [-0.25, -0.2) is 14.8 Å². The molecule has 32 heavy (non-hydrogen) atoms. The highest BCUT2D eigenvalue weighted by Crippen LogP contribution is 2.33. The van der Waals surface area contributed by atoms with E-state index in [1.807, 2.05) is 29.2 Å². The van der Waals surface area contributed by atoms with Gasteiger partial charge in [-0.15, -0.1) is 11.3 Å². The van der Waals surface area contributed by atoms with Gasteiger partial charge in [0.05, 0.1) is 28.6 Å². The second-order valence-electron chi connectivity index (χ2n) is 7.34. The first-order valence-corrected chi connectivity index (χ1v) is 11.1. The normalized spacial score (nSPS) is 14.3. The number of hydrogen-bond acceptors (Lipinski definition) is 9. The Morgan fingerprint density at radius 1 is 1.16 bits per heavy atom. The van der Waals surface area contributed by atoms with Crippen molar-refractivity contribution < 1.29 is 14.3 Å². The van der Waals surface area contributed by atoms with E-state index in [2.05, 4.69) is 19.9 Å². The summed E-state index contributed by atoms with van der Waals surface area (Å²) in [4.78, 5) is 46.0. The number of aromatic nitrogens is 4. The third-order valence-electron chi connectivity index (χ3n) is 5.39. The maximum Gasteiger partial charge on any atom is 0.339 e. The van der Waals surface area contributed by atoms with E-state index in [-0.39, 0.29) is 18.5 Å². The van der Waals surface area contributed by atoms with Crippen molar-refractivity contribution in [3.63, 3.8) is 0 Å². The van der Waals surface area contributed by atoms with Crippen molar-refractivity contribution in [3.8, 4) is 0 Å². The van der Waals surface area contributed by atoms with Gasteiger partial charge in [0, 0.05) is 31.6 Å². The van der Waals surface area contributed by atoms with Crippen LogP contribution in [0.4, 0.5) is 11.8 Å². The van der Waals surface area contributed by atoms with Gasteiger partial charge in [0.2, 0.25) is 5.95 Å². The molecule has 0 aliphatic carbocycles. The number of carbonyl (C=O) groups is 2. The van der Waals surface area contributed by atoms with E-state index in [0.717, 1.165) is 11.0 Å². The number of nitrogens with zero attached hydrogens (tertiary/aromatic N) is 5. The molecule has 0 atom stereocenters. The summed E-state index contributed by atoms with van der Waals surface area (Å²) >= 11 is 1.33. The zero-order chi connectivity index (χ0) is 22.2. The number of fused-ring (bicyclic) bond motifs is 2. The van der Waals surface area contributed by atoms with E-state index >= 15 is 0 Å². The van der Waals surface area contributed by atoms with E-state index in [0.29, 0.717) is 53.6 Å². The Morgan fingerprint density at radius 2 is 1.94 bits per heavy atom. The molecular formula is C21H21N7O3S. The molecule has 3 N–H and O–H groups in total. The molecule has 11 heteroatoms. The molecule has 0 unspecified atom stereocenters. The number of benzene rings is 1. The first-order chi connectivity index (χ1) is 15.5. The molecule has 1 fully saturated rings. The molecule has 0 bridgehead atoms. The average molecular weight is 452 g/mol. The van der Waals surface area contributed by atoms with Crippen LogP contribution in [0.2, 0.25) is 0 Å². The summed E-state index contributed by atoms with van der Waals surface area (Å²) in [5.74, 6) is 0.511. The summed E-state index contributed by atoms with van der Waals surface area (Å²) in [7, 11) is 0. The van der Waals surface area contributed by atoms with Crippen molar-refractivity contribution in [2.75, 3.05) is 43.4 Å². The molecule has 1 saturated heterocycles. The summed E-state index contributed by atoms with van der Waals surface area (Å²) in [5, 5.41) is 2.36. The van der Waals surface area contributed by atoms with Crippen molar-refractivity contribution in [2.45, 2.75) is 6.92 Å². The van der Waals surface area contributed by atoms with Crippen molar-refractivity contribution in [1.29, 1.82) is 0 Å². The smallest absolute Gasteiger partial charge is 0.339 e. The fraction of sp³-hybridized carbons (Fsp3) is 0.286. The third kappa shape index (κ3) is 3.50. The molecule has 0 saturated carbocycles. The Balaban J connectivity index is 1.38. The number of rotatable bonds is 4.